The smallest absolute Gasteiger partial charge is 0.332 e. The van der Waals surface area contributed by atoms with Gasteiger partial charge in [0.05, 0.1) is 6.54 Å². The molecule has 1 aliphatic rings. The van der Waals surface area contributed by atoms with Crippen molar-refractivity contribution in [1.29, 1.82) is 0 Å². The minimum absolute atomic E-state index is 0.00582. The van der Waals surface area contributed by atoms with E-state index in [9.17, 15) is 14.4 Å². The molecule has 0 saturated carbocycles. The minimum atomic E-state index is -0.602. The first kappa shape index (κ1) is 27.3. The zero-order valence-electron chi connectivity index (χ0n) is 22.2. The predicted octanol–water partition coefficient (Wildman–Crippen LogP) is 1.59. The van der Waals surface area contributed by atoms with Crippen molar-refractivity contribution in [1.82, 2.24) is 24.0 Å². The number of aromatic nitrogens is 4. The summed E-state index contributed by atoms with van der Waals surface area (Å²) in [6, 6.07) is 6.76. The van der Waals surface area contributed by atoms with Crippen LogP contribution < -0.4 is 32.5 Å². The Morgan fingerprint density at radius 1 is 1.26 bits per heavy atom. The van der Waals surface area contributed by atoms with Gasteiger partial charge in [-0.3, -0.25) is 18.7 Å². The van der Waals surface area contributed by atoms with Crippen LogP contribution in [0, 0.1) is 0 Å². The van der Waals surface area contributed by atoms with Gasteiger partial charge in [-0.05, 0) is 51.0 Å². The Balaban J connectivity index is 1.80. The molecule has 1 atom stereocenters. The molecule has 3 aromatic rings. The minimum Gasteiger partial charge on any atom is -0.366 e. The number of anilines is 2. The van der Waals surface area contributed by atoms with Crippen LogP contribution in [0.25, 0.3) is 11.2 Å². The summed E-state index contributed by atoms with van der Waals surface area (Å²) in [6.07, 6.45) is 3.84. The van der Waals surface area contributed by atoms with Gasteiger partial charge in [0, 0.05) is 51.0 Å². The molecule has 4 N–H and O–H groups in total. The lowest BCUT2D eigenvalue weighted by molar-refractivity contribution is 0.0969. The van der Waals surface area contributed by atoms with E-state index in [-0.39, 0.29) is 23.0 Å². The summed E-state index contributed by atoms with van der Waals surface area (Å²) in [6.45, 7) is 5.33. The van der Waals surface area contributed by atoms with Gasteiger partial charge in [0.1, 0.15) is 0 Å². The summed E-state index contributed by atoms with van der Waals surface area (Å²) in [7, 11) is 3.26. The first-order chi connectivity index (χ1) is 18.1. The van der Waals surface area contributed by atoms with E-state index in [1.165, 1.54) is 4.57 Å². The Bertz CT molecular complexity index is 1530. The summed E-state index contributed by atoms with van der Waals surface area (Å²) in [5, 5.41) is 6.19. The van der Waals surface area contributed by atoms with Gasteiger partial charge in [0.2, 0.25) is 5.95 Å². The number of hydrogen-bond acceptors (Lipinski definition) is 7. The monoisotopic (exact) mass is 538 g/mol. The molecule has 38 heavy (non-hydrogen) atoms. The summed E-state index contributed by atoms with van der Waals surface area (Å²) < 4.78 is 4.14. The number of imidazole rings is 1. The topological polar surface area (TPSA) is 132 Å². The fraction of sp³-hybridized carbons (Fsp3) is 0.423. The number of thiocarbonyl (C=S) groups is 1. The van der Waals surface area contributed by atoms with E-state index in [4.69, 9.17) is 22.9 Å². The molecule has 4 rings (SSSR count). The van der Waals surface area contributed by atoms with Gasteiger partial charge in [0.25, 0.3) is 5.56 Å². The van der Waals surface area contributed by atoms with Crippen molar-refractivity contribution in [3.05, 3.63) is 62.3 Å². The number of fused-ring (bicyclic) bond motifs is 1. The number of allylic oxidation sites excluding steroid dienone is 2. The molecule has 1 saturated heterocycles. The number of carbonyl (C=O) groups excluding carboxylic acids is 1. The lowest BCUT2D eigenvalue weighted by Crippen LogP contribution is -2.44. The van der Waals surface area contributed by atoms with Gasteiger partial charge in [-0.1, -0.05) is 23.8 Å². The predicted molar refractivity (Wildman–Crippen MR) is 154 cm³/mol. The van der Waals surface area contributed by atoms with Crippen molar-refractivity contribution in [3.63, 3.8) is 0 Å². The molecule has 0 spiro atoms. The highest BCUT2D eigenvalue weighted by Crippen LogP contribution is 2.23. The highest BCUT2D eigenvalue weighted by molar-refractivity contribution is 7.80. The Morgan fingerprint density at radius 3 is 2.71 bits per heavy atom. The number of nitrogens with one attached hydrogen (secondary N) is 2. The van der Waals surface area contributed by atoms with Crippen LogP contribution in [0.1, 0.15) is 37.0 Å². The van der Waals surface area contributed by atoms with Crippen molar-refractivity contribution in [2.75, 3.05) is 30.4 Å². The summed E-state index contributed by atoms with van der Waals surface area (Å²) in [4.78, 5) is 47.1. The molecule has 0 aliphatic carbocycles. The van der Waals surface area contributed by atoms with Crippen LogP contribution in [0.5, 0.6) is 0 Å². The molecule has 2 aromatic heterocycles. The fourth-order valence-corrected chi connectivity index (χ4v) is 4.70. The number of piperidine rings is 1. The third kappa shape index (κ3) is 5.55. The number of Topliss-reactive ketones (excluding diaryl/α,β-unsaturated/α-hetero) is 1. The molecule has 1 aliphatic heterocycles. The third-order valence-electron chi connectivity index (χ3n) is 6.61. The fourth-order valence-electron chi connectivity index (χ4n) is 4.58. The second-order valence-corrected chi connectivity index (χ2v) is 10.2. The van der Waals surface area contributed by atoms with Gasteiger partial charge in [-0.25, -0.2) is 4.79 Å². The molecule has 1 aromatic carbocycles. The molecular weight excluding hydrogens is 504 g/mol. The van der Waals surface area contributed by atoms with Gasteiger partial charge in [-0.2, -0.15) is 4.98 Å². The number of rotatable bonds is 7. The van der Waals surface area contributed by atoms with Gasteiger partial charge < -0.3 is 25.8 Å². The van der Waals surface area contributed by atoms with Crippen LogP contribution >= 0.6 is 12.2 Å². The van der Waals surface area contributed by atoms with Crippen molar-refractivity contribution >= 4 is 45.9 Å². The standard InChI is InChI=1S/C26H34N8O3S/c1-16(2)10-12-33-21-22(30-25(33)32-11-6-8-18(27)14-32)31(4)26(37)34(23(21)36)15-20(35)17-7-5-9-19(13-17)29-24(38)28-3/h5,7,9-10,13,18H,6,8,11-12,14-15,27H2,1-4H3,(H2,28,29,38). The molecule has 0 bridgehead atoms. The number of carbonyl (C=O) groups is 1. The molecule has 3 heterocycles. The maximum Gasteiger partial charge on any atom is 0.332 e. The van der Waals surface area contributed by atoms with Gasteiger partial charge in [0.15, 0.2) is 22.1 Å². The van der Waals surface area contributed by atoms with E-state index in [0.29, 0.717) is 35.4 Å². The Morgan fingerprint density at radius 2 is 2.03 bits per heavy atom. The van der Waals surface area contributed by atoms with E-state index >= 15 is 0 Å². The van der Waals surface area contributed by atoms with Crippen molar-refractivity contribution in [2.24, 2.45) is 12.8 Å². The number of aryl methyl sites for hydroxylation is 1. The average Bonchev–Trinajstić information content (AvgIpc) is 3.28. The third-order valence-corrected chi connectivity index (χ3v) is 6.91. The van der Waals surface area contributed by atoms with Crippen LogP contribution in [0.15, 0.2) is 45.5 Å². The molecule has 1 fully saturated rings. The Hall–Kier alpha value is -3.77. The highest BCUT2D eigenvalue weighted by Gasteiger charge is 2.26. The lowest BCUT2D eigenvalue weighted by Gasteiger charge is -2.31. The van der Waals surface area contributed by atoms with E-state index in [1.807, 2.05) is 24.5 Å². The second-order valence-electron chi connectivity index (χ2n) is 9.77. The first-order valence-corrected chi connectivity index (χ1v) is 13.0. The van der Waals surface area contributed by atoms with Crippen molar-refractivity contribution in [3.8, 4) is 0 Å². The normalized spacial score (nSPS) is 15.4. The Kier molecular flexibility index (Phi) is 8.12. The van der Waals surface area contributed by atoms with Crippen LogP contribution in [0.2, 0.25) is 0 Å². The lowest BCUT2D eigenvalue weighted by atomic mass is 10.1. The summed E-state index contributed by atoms with van der Waals surface area (Å²) in [5.74, 6) is 0.225. The van der Waals surface area contributed by atoms with Gasteiger partial charge >= 0.3 is 5.69 Å². The van der Waals surface area contributed by atoms with Crippen molar-refractivity contribution in [2.45, 2.75) is 45.8 Å². The zero-order chi connectivity index (χ0) is 27.6. The van der Waals surface area contributed by atoms with E-state index in [0.717, 1.165) is 29.5 Å². The van der Waals surface area contributed by atoms with Crippen LogP contribution in [-0.4, -0.2) is 55.8 Å². The van der Waals surface area contributed by atoms with Crippen molar-refractivity contribution < 1.29 is 4.79 Å². The maximum atomic E-state index is 13.8. The van der Waals surface area contributed by atoms with Crippen LogP contribution in [0.3, 0.4) is 0 Å². The van der Waals surface area contributed by atoms with Crippen LogP contribution in [0.4, 0.5) is 11.6 Å². The SMILES string of the molecule is CNC(=S)Nc1cccc(C(=O)Cn2c(=O)c3c(nc(N4CCCC(N)C4)n3CC=C(C)C)n(C)c2=O)c1. The summed E-state index contributed by atoms with van der Waals surface area (Å²) >= 11 is 5.13. The number of benzene rings is 1. The molecule has 0 radical (unpaired) electrons. The molecule has 11 nitrogen and oxygen atoms in total. The van der Waals surface area contributed by atoms with E-state index in [2.05, 4.69) is 15.5 Å². The first-order valence-electron chi connectivity index (χ1n) is 12.6. The van der Waals surface area contributed by atoms with E-state index in [1.54, 1.807) is 38.4 Å². The number of hydrogen-bond donors (Lipinski definition) is 3. The number of nitrogens with zero attached hydrogens (tertiary/aromatic N) is 5. The maximum absolute atomic E-state index is 13.8. The second kappa shape index (κ2) is 11.3. The molecule has 0 amide bonds. The quantitative estimate of drug-likeness (QED) is 0.233. The highest BCUT2D eigenvalue weighted by atomic mass is 32.1. The molecule has 1 unspecified atom stereocenters. The zero-order valence-corrected chi connectivity index (χ0v) is 23.0. The van der Waals surface area contributed by atoms with Gasteiger partial charge in [-0.15, -0.1) is 0 Å². The molecule has 202 valence electrons. The number of nitrogens with two attached hydrogens (primary N) is 1. The largest absolute Gasteiger partial charge is 0.366 e. The summed E-state index contributed by atoms with van der Waals surface area (Å²) in [5.41, 5.74) is 7.69. The van der Waals surface area contributed by atoms with E-state index < -0.39 is 17.8 Å². The number of ketones is 1. The molecular formula is C26H34N8O3S. The average molecular weight is 539 g/mol. The Labute approximate surface area is 225 Å². The van der Waals surface area contributed by atoms with Crippen LogP contribution in [-0.2, 0) is 20.1 Å². The molecule has 12 heteroatoms.